The molecule has 0 saturated carbocycles. The first kappa shape index (κ1) is 17.0. The molecule has 6 nitrogen and oxygen atoms in total. The standard InChI is InChI=1S/C18H22N2O4/c21-15-8-9-24-16(17(15)22)11-20-18(23)13-6-7-14(19-10-13)12-4-2-1-3-5-12/h1-7,10,15-18,20-23H,8-9,11H2/t15-,16-,17-,18?/m1/s1. The first-order valence-electron chi connectivity index (χ1n) is 8.05. The lowest BCUT2D eigenvalue weighted by Gasteiger charge is -2.32. The van der Waals surface area contributed by atoms with E-state index in [0.717, 1.165) is 11.3 Å². The summed E-state index contributed by atoms with van der Waals surface area (Å²) in [5.74, 6) is 0. The highest BCUT2D eigenvalue weighted by Gasteiger charge is 2.31. The fourth-order valence-electron chi connectivity index (χ4n) is 2.73. The zero-order valence-electron chi connectivity index (χ0n) is 13.2. The first-order valence-corrected chi connectivity index (χ1v) is 8.05. The maximum atomic E-state index is 10.2. The Bertz CT molecular complexity index is 635. The van der Waals surface area contributed by atoms with E-state index in [0.29, 0.717) is 18.6 Å². The zero-order chi connectivity index (χ0) is 16.9. The number of ether oxygens (including phenoxy) is 1. The Hall–Kier alpha value is -1.83. The van der Waals surface area contributed by atoms with Gasteiger partial charge in [-0.05, 0) is 12.5 Å². The van der Waals surface area contributed by atoms with E-state index in [1.165, 1.54) is 0 Å². The number of benzene rings is 1. The van der Waals surface area contributed by atoms with E-state index in [4.69, 9.17) is 4.74 Å². The Labute approximate surface area is 140 Å². The summed E-state index contributed by atoms with van der Waals surface area (Å²) in [7, 11) is 0. The predicted octanol–water partition coefficient (Wildman–Crippen LogP) is 0.840. The molecule has 1 saturated heterocycles. The average Bonchev–Trinajstić information content (AvgIpc) is 2.63. The molecular weight excluding hydrogens is 308 g/mol. The Morgan fingerprint density at radius 1 is 1.17 bits per heavy atom. The van der Waals surface area contributed by atoms with E-state index >= 15 is 0 Å². The van der Waals surface area contributed by atoms with Crippen molar-refractivity contribution in [2.75, 3.05) is 13.2 Å². The lowest BCUT2D eigenvalue weighted by Crippen LogP contribution is -2.49. The number of nitrogens with zero attached hydrogens (tertiary/aromatic N) is 1. The van der Waals surface area contributed by atoms with Crippen LogP contribution >= 0.6 is 0 Å². The molecule has 0 aliphatic carbocycles. The molecule has 3 rings (SSSR count). The van der Waals surface area contributed by atoms with E-state index in [1.807, 2.05) is 36.4 Å². The van der Waals surface area contributed by atoms with Gasteiger partial charge in [0.1, 0.15) is 12.3 Å². The van der Waals surface area contributed by atoms with Crippen molar-refractivity contribution in [1.82, 2.24) is 10.3 Å². The highest BCUT2D eigenvalue weighted by atomic mass is 16.5. The number of aliphatic hydroxyl groups excluding tert-OH is 3. The second-order valence-electron chi connectivity index (χ2n) is 5.91. The van der Waals surface area contributed by atoms with Gasteiger partial charge in [0.15, 0.2) is 0 Å². The summed E-state index contributed by atoms with van der Waals surface area (Å²) >= 11 is 0. The van der Waals surface area contributed by atoms with Crippen molar-refractivity contribution in [3.8, 4) is 11.3 Å². The van der Waals surface area contributed by atoms with Crippen molar-refractivity contribution in [1.29, 1.82) is 0 Å². The summed E-state index contributed by atoms with van der Waals surface area (Å²) in [5, 5.41) is 32.6. The van der Waals surface area contributed by atoms with Crippen LogP contribution in [0.5, 0.6) is 0 Å². The van der Waals surface area contributed by atoms with Crippen LogP contribution in [0.4, 0.5) is 0 Å². The van der Waals surface area contributed by atoms with Gasteiger partial charge in [0.25, 0.3) is 0 Å². The summed E-state index contributed by atoms with van der Waals surface area (Å²) in [6, 6.07) is 13.5. The van der Waals surface area contributed by atoms with Gasteiger partial charge < -0.3 is 20.1 Å². The molecule has 128 valence electrons. The van der Waals surface area contributed by atoms with Gasteiger partial charge in [-0.1, -0.05) is 36.4 Å². The van der Waals surface area contributed by atoms with Gasteiger partial charge in [0.2, 0.25) is 0 Å². The second kappa shape index (κ2) is 7.83. The largest absolute Gasteiger partial charge is 0.390 e. The summed E-state index contributed by atoms with van der Waals surface area (Å²) in [6.45, 7) is 0.633. The van der Waals surface area contributed by atoms with Crippen LogP contribution in [0.15, 0.2) is 48.7 Å². The molecule has 1 aliphatic rings. The number of aliphatic hydroxyl groups is 3. The van der Waals surface area contributed by atoms with Crippen molar-refractivity contribution in [3.05, 3.63) is 54.2 Å². The lowest BCUT2D eigenvalue weighted by atomic mass is 10.0. The SMILES string of the molecule is OC(NC[C@H]1OCC[C@@H](O)[C@H]1O)c1ccc(-c2ccccc2)nc1. The normalized spacial score (nSPS) is 25.4. The van der Waals surface area contributed by atoms with Crippen LogP contribution in [0.1, 0.15) is 18.2 Å². The molecular formula is C18H22N2O4. The van der Waals surface area contributed by atoms with Crippen LogP contribution in [-0.4, -0.2) is 51.8 Å². The third-order valence-corrected chi connectivity index (χ3v) is 4.20. The van der Waals surface area contributed by atoms with E-state index in [9.17, 15) is 15.3 Å². The maximum absolute atomic E-state index is 10.2. The number of aromatic nitrogens is 1. The molecule has 2 aromatic rings. The Morgan fingerprint density at radius 3 is 2.67 bits per heavy atom. The van der Waals surface area contributed by atoms with Crippen molar-refractivity contribution in [3.63, 3.8) is 0 Å². The van der Waals surface area contributed by atoms with Gasteiger partial charge in [0, 0.05) is 30.5 Å². The van der Waals surface area contributed by atoms with Crippen LogP contribution in [-0.2, 0) is 4.74 Å². The number of nitrogens with one attached hydrogen (secondary N) is 1. The van der Waals surface area contributed by atoms with E-state index in [1.54, 1.807) is 12.3 Å². The number of hydrogen-bond acceptors (Lipinski definition) is 6. The molecule has 1 aromatic carbocycles. The molecule has 1 fully saturated rings. The smallest absolute Gasteiger partial charge is 0.132 e. The number of hydrogen-bond donors (Lipinski definition) is 4. The summed E-state index contributed by atoms with van der Waals surface area (Å²) in [6.07, 6.45) is -1.15. The molecule has 4 N–H and O–H groups in total. The molecule has 24 heavy (non-hydrogen) atoms. The summed E-state index contributed by atoms with van der Waals surface area (Å²) in [4.78, 5) is 4.37. The topological polar surface area (TPSA) is 94.8 Å². The fraction of sp³-hybridized carbons (Fsp3) is 0.389. The molecule has 0 spiro atoms. The first-order chi connectivity index (χ1) is 11.6. The third-order valence-electron chi connectivity index (χ3n) is 4.20. The predicted molar refractivity (Wildman–Crippen MR) is 89.0 cm³/mol. The summed E-state index contributed by atoms with van der Waals surface area (Å²) < 4.78 is 5.42. The minimum absolute atomic E-state index is 0.236. The van der Waals surface area contributed by atoms with Gasteiger partial charge in [-0.2, -0.15) is 0 Å². The second-order valence-corrected chi connectivity index (χ2v) is 5.91. The number of rotatable bonds is 5. The monoisotopic (exact) mass is 330 g/mol. The van der Waals surface area contributed by atoms with E-state index < -0.39 is 24.5 Å². The maximum Gasteiger partial charge on any atom is 0.132 e. The van der Waals surface area contributed by atoms with Crippen LogP contribution in [0.2, 0.25) is 0 Å². The van der Waals surface area contributed by atoms with Crippen molar-refractivity contribution < 1.29 is 20.1 Å². The van der Waals surface area contributed by atoms with Crippen molar-refractivity contribution in [2.45, 2.75) is 31.0 Å². The van der Waals surface area contributed by atoms with Gasteiger partial charge in [-0.15, -0.1) is 0 Å². The summed E-state index contributed by atoms with van der Waals surface area (Å²) in [5.41, 5.74) is 2.47. The van der Waals surface area contributed by atoms with E-state index in [-0.39, 0.29) is 6.54 Å². The van der Waals surface area contributed by atoms with E-state index in [2.05, 4.69) is 10.3 Å². The highest BCUT2D eigenvalue weighted by Crippen LogP contribution is 2.19. The Kier molecular flexibility index (Phi) is 5.55. The van der Waals surface area contributed by atoms with Crippen LogP contribution in [0.3, 0.4) is 0 Å². The van der Waals surface area contributed by atoms with Crippen molar-refractivity contribution in [2.24, 2.45) is 0 Å². The lowest BCUT2D eigenvalue weighted by molar-refractivity contribution is -0.135. The zero-order valence-corrected chi connectivity index (χ0v) is 13.2. The average molecular weight is 330 g/mol. The minimum atomic E-state index is -0.947. The minimum Gasteiger partial charge on any atom is -0.390 e. The Morgan fingerprint density at radius 2 is 1.96 bits per heavy atom. The van der Waals surface area contributed by atoms with Gasteiger partial charge in [-0.3, -0.25) is 10.3 Å². The van der Waals surface area contributed by atoms with Gasteiger partial charge in [0.05, 0.1) is 17.9 Å². The molecule has 0 radical (unpaired) electrons. The van der Waals surface area contributed by atoms with Gasteiger partial charge >= 0.3 is 0 Å². The third kappa shape index (κ3) is 3.98. The quantitative estimate of drug-likeness (QED) is 0.607. The fourth-order valence-corrected chi connectivity index (χ4v) is 2.73. The molecule has 6 heteroatoms. The molecule has 2 heterocycles. The van der Waals surface area contributed by atoms with Crippen molar-refractivity contribution >= 4 is 0 Å². The Balaban J connectivity index is 1.58. The number of pyridine rings is 1. The molecule has 1 unspecified atom stereocenters. The molecule has 0 amide bonds. The van der Waals surface area contributed by atoms with Crippen LogP contribution in [0, 0.1) is 0 Å². The van der Waals surface area contributed by atoms with Gasteiger partial charge in [-0.25, -0.2) is 0 Å². The molecule has 0 bridgehead atoms. The highest BCUT2D eigenvalue weighted by molar-refractivity contribution is 5.58. The molecule has 1 aromatic heterocycles. The molecule has 4 atom stereocenters. The molecule has 1 aliphatic heterocycles. The van der Waals surface area contributed by atoms with Crippen LogP contribution < -0.4 is 5.32 Å². The van der Waals surface area contributed by atoms with Crippen LogP contribution in [0.25, 0.3) is 11.3 Å².